The molecule has 0 radical (unpaired) electrons. The second-order valence-corrected chi connectivity index (χ2v) is 5.62. The van der Waals surface area contributed by atoms with E-state index in [1.54, 1.807) is 6.33 Å². The molecule has 0 bridgehead atoms. The van der Waals surface area contributed by atoms with Gasteiger partial charge in [0.15, 0.2) is 0 Å². The fourth-order valence-electron chi connectivity index (χ4n) is 2.45. The normalized spacial score (nSPS) is 19.3. The maximum absolute atomic E-state index is 4.20. The molecule has 19 heavy (non-hydrogen) atoms. The van der Waals surface area contributed by atoms with Crippen LogP contribution in [0.4, 0.5) is 0 Å². The maximum atomic E-state index is 4.20. The fourth-order valence-corrected chi connectivity index (χ4v) is 2.45. The average Bonchev–Trinajstić information content (AvgIpc) is 2.92. The van der Waals surface area contributed by atoms with Crippen molar-refractivity contribution >= 4 is 0 Å². The van der Waals surface area contributed by atoms with Gasteiger partial charge in [-0.2, -0.15) is 5.10 Å². The molecule has 1 unspecified atom stereocenters. The van der Waals surface area contributed by atoms with Crippen LogP contribution in [-0.2, 0) is 0 Å². The van der Waals surface area contributed by atoms with E-state index in [9.17, 15) is 0 Å². The number of rotatable bonds is 5. The first-order chi connectivity index (χ1) is 9.15. The first-order valence-electron chi connectivity index (χ1n) is 7.12. The molecular weight excluding hydrogens is 238 g/mol. The lowest BCUT2D eigenvalue weighted by Gasteiger charge is -2.33. The lowest BCUT2D eigenvalue weighted by Crippen LogP contribution is -2.43. The predicted octanol–water partition coefficient (Wildman–Crippen LogP) is 1.89. The molecular formula is C14H25N5. The van der Waals surface area contributed by atoms with Gasteiger partial charge >= 0.3 is 0 Å². The van der Waals surface area contributed by atoms with Gasteiger partial charge in [0.2, 0.25) is 0 Å². The third kappa shape index (κ3) is 4.44. The Bertz CT molecular complexity index is 386. The van der Waals surface area contributed by atoms with Gasteiger partial charge in [0, 0.05) is 12.6 Å². The van der Waals surface area contributed by atoms with Crippen LogP contribution in [0.2, 0.25) is 0 Å². The van der Waals surface area contributed by atoms with Crippen LogP contribution in [0, 0.1) is 0 Å². The second-order valence-electron chi connectivity index (χ2n) is 5.62. The van der Waals surface area contributed by atoms with Gasteiger partial charge in [-0.05, 0) is 46.7 Å². The molecule has 2 N–H and O–H groups in total. The summed E-state index contributed by atoms with van der Waals surface area (Å²) in [5.74, 6) is 0.923. The zero-order valence-corrected chi connectivity index (χ0v) is 12.2. The highest BCUT2D eigenvalue weighted by atomic mass is 15.2. The van der Waals surface area contributed by atoms with E-state index in [1.165, 1.54) is 31.5 Å². The van der Waals surface area contributed by atoms with Gasteiger partial charge in [0.25, 0.3) is 0 Å². The highest BCUT2D eigenvalue weighted by Crippen LogP contribution is 2.14. The molecule has 2 heterocycles. The van der Waals surface area contributed by atoms with E-state index in [0.717, 1.165) is 12.4 Å². The summed E-state index contributed by atoms with van der Waals surface area (Å²) in [6, 6.07) is 0.833. The van der Waals surface area contributed by atoms with Crippen molar-refractivity contribution in [2.24, 2.45) is 0 Å². The molecule has 0 amide bonds. The first-order valence-corrected chi connectivity index (χ1v) is 7.12. The molecule has 1 atom stereocenters. The summed E-state index contributed by atoms with van der Waals surface area (Å²) in [5, 5.41) is 10.5. The number of allylic oxidation sites excluding steroid dienone is 1. The Kier molecular flexibility index (Phi) is 5.10. The quantitative estimate of drug-likeness (QED) is 0.797. The van der Waals surface area contributed by atoms with E-state index < -0.39 is 0 Å². The maximum Gasteiger partial charge on any atom is 0.141 e. The van der Waals surface area contributed by atoms with Crippen molar-refractivity contribution in [2.45, 2.75) is 45.7 Å². The van der Waals surface area contributed by atoms with E-state index in [1.807, 2.05) is 0 Å². The van der Waals surface area contributed by atoms with Crippen molar-refractivity contribution in [3.8, 4) is 0 Å². The van der Waals surface area contributed by atoms with Crippen LogP contribution in [0.1, 0.15) is 45.5 Å². The van der Waals surface area contributed by atoms with Crippen LogP contribution in [0.15, 0.2) is 18.0 Å². The van der Waals surface area contributed by atoms with Gasteiger partial charge in [-0.25, -0.2) is 4.98 Å². The Hall–Kier alpha value is -1.20. The number of nitrogens with zero attached hydrogens (tertiary/aromatic N) is 3. The Morgan fingerprint density at radius 1 is 1.53 bits per heavy atom. The van der Waals surface area contributed by atoms with Crippen molar-refractivity contribution in [3.63, 3.8) is 0 Å². The lowest BCUT2D eigenvalue weighted by molar-refractivity contribution is 0.207. The van der Waals surface area contributed by atoms with Crippen LogP contribution >= 0.6 is 0 Å². The summed E-state index contributed by atoms with van der Waals surface area (Å²) in [7, 11) is 0. The monoisotopic (exact) mass is 263 g/mol. The highest BCUT2D eigenvalue weighted by molar-refractivity contribution is 4.96. The topological polar surface area (TPSA) is 56.8 Å². The lowest BCUT2D eigenvalue weighted by atomic mass is 10.0. The Morgan fingerprint density at radius 3 is 2.84 bits per heavy atom. The van der Waals surface area contributed by atoms with Crippen LogP contribution in [-0.4, -0.2) is 45.8 Å². The molecule has 1 aliphatic rings. The SMILES string of the molecule is CC(C)=CCN1CCC(NC(C)c2ncn[nH]2)CC1. The molecule has 1 aromatic rings. The van der Waals surface area contributed by atoms with Gasteiger partial charge in [-0.15, -0.1) is 0 Å². The number of likely N-dealkylation sites (tertiary alicyclic amines) is 1. The number of aromatic nitrogens is 3. The zero-order valence-electron chi connectivity index (χ0n) is 12.2. The third-order valence-electron chi connectivity index (χ3n) is 3.67. The van der Waals surface area contributed by atoms with Crippen molar-refractivity contribution in [1.29, 1.82) is 0 Å². The van der Waals surface area contributed by atoms with Crippen molar-refractivity contribution < 1.29 is 0 Å². The van der Waals surface area contributed by atoms with E-state index in [0.29, 0.717) is 6.04 Å². The molecule has 5 heteroatoms. The van der Waals surface area contributed by atoms with Crippen LogP contribution in [0.5, 0.6) is 0 Å². The Morgan fingerprint density at radius 2 is 2.26 bits per heavy atom. The van der Waals surface area contributed by atoms with Gasteiger partial charge in [-0.1, -0.05) is 11.6 Å². The minimum atomic E-state index is 0.247. The van der Waals surface area contributed by atoms with Gasteiger partial charge in [0.05, 0.1) is 6.04 Å². The van der Waals surface area contributed by atoms with Crippen molar-refractivity contribution in [1.82, 2.24) is 25.4 Å². The van der Waals surface area contributed by atoms with Crippen LogP contribution in [0.3, 0.4) is 0 Å². The zero-order chi connectivity index (χ0) is 13.7. The molecule has 0 aliphatic carbocycles. The van der Waals surface area contributed by atoms with Crippen molar-refractivity contribution in [3.05, 3.63) is 23.8 Å². The van der Waals surface area contributed by atoms with E-state index in [4.69, 9.17) is 0 Å². The Balaban J connectivity index is 1.73. The summed E-state index contributed by atoms with van der Waals surface area (Å²) < 4.78 is 0. The summed E-state index contributed by atoms with van der Waals surface area (Å²) in [6.07, 6.45) is 6.28. The first kappa shape index (κ1) is 14.2. The molecule has 0 spiro atoms. The predicted molar refractivity (Wildman–Crippen MR) is 76.8 cm³/mol. The van der Waals surface area contributed by atoms with Gasteiger partial charge in [0.1, 0.15) is 12.2 Å². The molecule has 0 saturated carbocycles. The van der Waals surface area contributed by atoms with E-state index >= 15 is 0 Å². The summed E-state index contributed by atoms with van der Waals surface area (Å²) >= 11 is 0. The van der Waals surface area contributed by atoms with E-state index in [-0.39, 0.29) is 6.04 Å². The molecule has 106 valence electrons. The highest BCUT2D eigenvalue weighted by Gasteiger charge is 2.20. The molecule has 0 aromatic carbocycles. The van der Waals surface area contributed by atoms with Crippen molar-refractivity contribution in [2.75, 3.05) is 19.6 Å². The van der Waals surface area contributed by atoms with Gasteiger partial charge < -0.3 is 5.32 Å². The number of nitrogens with one attached hydrogen (secondary N) is 2. The third-order valence-corrected chi connectivity index (χ3v) is 3.67. The summed E-state index contributed by atoms with van der Waals surface area (Å²) in [6.45, 7) is 9.89. The minimum Gasteiger partial charge on any atom is -0.305 e. The largest absolute Gasteiger partial charge is 0.305 e. The molecule has 1 saturated heterocycles. The average molecular weight is 263 g/mol. The number of aromatic amines is 1. The van der Waals surface area contributed by atoms with E-state index in [2.05, 4.69) is 52.2 Å². The number of piperidine rings is 1. The molecule has 2 rings (SSSR count). The molecule has 1 aliphatic heterocycles. The minimum absolute atomic E-state index is 0.247. The Labute approximate surface area is 115 Å². The van der Waals surface area contributed by atoms with Crippen LogP contribution in [0.25, 0.3) is 0 Å². The smallest absolute Gasteiger partial charge is 0.141 e. The van der Waals surface area contributed by atoms with Crippen LogP contribution < -0.4 is 5.32 Å². The second kappa shape index (κ2) is 6.82. The number of hydrogen-bond acceptors (Lipinski definition) is 4. The fraction of sp³-hybridized carbons (Fsp3) is 0.714. The summed E-state index contributed by atoms with van der Waals surface area (Å²) in [4.78, 5) is 6.72. The number of hydrogen-bond donors (Lipinski definition) is 2. The summed E-state index contributed by atoms with van der Waals surface area (Å²) in [5.41, 5.74) is 1.40. The molecule has 1 aromatic heterocycles. The number of H-pyrrole nitrogens is 1. The molecule has 5 nitrogen and oxygen atoms in total. The standard InChI is InChI=1S/C14H25N5/c1-11(2)4-7-19-8-5-13(6-9-19)17-12(3)14-15-10-16-18-14/h4,10,12-13,17H,5-9H2,1-3H3,(H,15,16,18). The van der Waals surface area contributed by atoms with Gasteiger partial charge in [-0.3, -0.25) is 10.00 Å². The molecule has 1 fully saturated rings.